The summed E-state index contributed by atoms with van der Waals surface area (Å²) in [5.41, 5.74) is 1.47. The van der Waals surface area contributed by atoms with Crippen LogP contribution in [0.25, 0.3) is 0 Å². The minimum Gasteiger partial charge on any atom is -0.313 e. The average molecular weight is 226 g/mol. The Labute approximate surface area is 97.3 Å². The molecule has 1 atom stereocenters. The van der Waals surface area contributed by atoms with Crippen molar-refractivity contribution in [2.24, 2.45) is 0 Å². The maximum absolute atomic E-state index is 3.40. The fraction of sp³-hybridized carbons (Fsp3) is 0.667. The molecule has 0 bridgehead atoms. The van der Waals surface area contributed by atoms with Crippen LogP contribution in [-0.4, -0.2) is 31.6 Å². The molecule has 1 N–H and O–H groups in total. The molecule has 0 saturated heterocycles. The maximum Gasteiger partial charge on any atom is 0.0616 e. The molecule has 2 nitrogen and oxygen atoms in total. The molecule has 1 aromatic rings. The summed E-state index contributed by atoms with van der Waals surface area (Å²) < 4.78 is 0. The zero-order valence-electron chi connectivity index (χ0n) is 10.6. The number of hydrogen-bond donors (Lipinski definition) is 1. The number of rotatable bonds is 4. The van der Waals surface area contributed by atoms with Crippen molar-refractivity contribution in [1.29, 1.82) is 0 Å². The largest absolute Gasteiger partial charge is 0.313 e. The molecule has 1 heterocycles. The van der Waals surface area contributed by atoms with Gasteiger partial charge in [-0.05, 0) is 58.9 Å². The van der Waals surface area contributed by atoms with Gasteiger partial charge in [0.25, 0.3) is 0 Å². The highest BCUT2D eigenvalue weighted by Crippen LogP contribution is 2.35. The summed E-state index contributed by atoms with van der Waals surface area (Å²) in [7, 11) is 6.31. The van der Waals surface area contributed by atoms with Crippen molar-refractivity contribution in [2.45, 2.75) is 32.4 Å². The van der Waals surface area contributed by atoms with E-state index in [0.717, 1.165) is 0 Å². The molecule has 0 saturated carbocycles. The zero-order valence-corrected chi connectivity index (χ0v) is 11.4. The SMILES string of the molecule is CNC(C)(C)C(c1sccc1C)N(C)C. The van der Waals surface area contributed by atoms with Crippen LogP contribution in [0.5, 0.6) is 0 Å². The van der Waals surface area contributed by atoms with E-state index < -0.39 is 0 Å². The van der Waals surface area contributed by atoms with Crippen LogP contribution in [0.4, 0.5) is 0 Å². The Balaban J connectivity index is 3.10. The number of likely N-dealkylation sites (N-methyl/N-ethyl adjacent to an activating group) is 2. The van der Waals surface area contributed by atoms with Crippen LogP contribution >= 0.6 is 11.3 Å². The molecule has 1 unspecified atom stereocenters. The van der Waals surface area contributed by atoms with Crippen molar-refractivity contribution in [3.63, 3.8) is 0 Å². The van der Waals surface area contributed by atoms with E-state index >= 15 is 0 Å². The van der Waals surface area contributed by atoms with Gasteiger partial charge >= 0.3 is 0 Å². The van der Waals surface area contributed by atoms with Crippen molar-refractivity contribution in [1.82, 2.24) is 10.2 Å². The Morgan fingerprint density at radius 1 is 1.40 bits per heavy atom. The van der Waals surface area contributed by atoms with Crippen LogP contribution in [0.15, 0.2) is 11.4 Å². The maximum atomic E-state index is 3.40. The summed E-state index contributed by atoms with van der Waals surface area (Å²) in [5, 5.41) is 5.58. The Morgan fingerprint density at radius 2 is 2.00 bits per heavy atom. The highest BCUT2D eigenvalue weighted by atomic mass is 32.1. The molecule has 0 aliphatic carbocycles. The Kier molecular flexibility index (Phi) is 3.93. The van der Waals surface area contributed by atoms with E-state index in [1.807, 2.05) is 18.4 Å². The van der Waals surface area contributed by atoms with Gasteiger partial charge in [0, 0.05) is 10.4 Å². The standard InChI is InChI=1S/C12H22N2S/c1-9-7-8-15-10(9)11(14(5)6)12(2,3)13-4/h7-8,11,13H,1-6H3. The molecule has 1 aromatic heterocycles. The highest BCUT2D eigenvalue weighted by Gasteiger charge is 2.32. The second kappa shape index (κ2) is 4.64. The van der Waals surface area contributed by atoms with Gasteiger partial charge in [0.1, 0.15) is 0 Å². The van der Waals surface area contributed by atoms with Crippen LogP contribution in [0.2, 0.25) is 0 Å². The molecular weight excluding hydrogens is 204 g/mol. The van der Waals surface area contributed by atoms with E-state index in [2.05, 4.69) is 56.5 Å². The predicted molar refractivity (Wildman–Crippen MR) is 68.6 cm³/mol. The highest BCUT2D eigenvalue weighted by molar-refractivity contribution is 7.10. The molecule has 1 rings (SSSR count). The first-order valence-corrected chi connectivity index (χ1v) is 6.17. The zero-order chi connectivity index (χ0) is 11.6. The number of thiophene rings is 1. The molecule has 3 heteroatoms. The van der Waals surface area contributed by atoms with Gasteiger partial charge in [-0.25, -0.2) is 0 Å². The van der Waals surface area contributed by atoms with Gasteiger partial charge < -0.3 is 10.2 Å². The minimum absolute atomic E-state index is 0.0825. The van der Waals surface area contributed by atoms with Gasteiger partial charge in [0.15, 0.2) is 0 Å². The van der Waals surface area contributed by atoms with Crippen LogP contribution in [0.3, 0.4) is 0 Å². The van der Waals surface area contributed by atoms with Crippen molar-refractivity contribution in [3.8, 4) is 0 Å². The van der Waals surface area contributed by atoms with Gasteiger partial charge in [-0.15, -0.1) is 11.3 Å². The van der Waals surface area contributed by atoms with Crippen LogP contribution in [0, 0.1) is 6.92 Å². The van der Waals surface area contributed by atoms with Crippen molar-refractivity contribution in [3.05, 3.63) is 21.9 Å². The molecule has 15 heavy (non-hydrogen) atoms. The fourth-order valence-electron chi connectivity index (χ4n) is 2.01. The van der Waals surface area contributed by atoms with Crippen LogP contribution < -0.4 is 5.32 Å². The summed E-state index contributed by atoms with van der Waals surface area (Å²) in [4.78, 5) is 3.74. The fourth-order valence-corrected chi connectivity index (χ4v) is 3.32. The second-order valence-electron chi connectivity index (χ2n) is 4.81. The van der Waals surface area contributed by atoms with Crippen molar-refractivity contribution >= 4 is 11.3 Å². The number of aryl methyl sites for hydroxylation is 1. The molecule has 0 spiro atoms. The first-order chi connectivity index (χ1) is 6.90. The van der Waals surface area contributed by atoms with Crippen molar-refractivity contribution < 1.29 is 0 Å². The molecule has 0 aliphatic rings. The normalized spacial score (nSPS) is 14.6. The van der Waals surface area contributed by atoms with E-state index in [1.54, 1.807) is 0 Å². The van der Waals surface area contributed by atoms with Gasteiger partial charge in [-0.1, -0.05) is 0 Å². The number of nitrogens with zero attached hydrogens (tertiary/aromatic N) is 1. The molecular formula is C12H22N2S. The van der Waals surface area contributed by atoms with Gasteiger partial charge in [0.2, 0.25) is 0 Å². The van der Waals surface area contributed by atoms with Crippen molar-refractivity contribution in [2.75, 3.05) is 21.1 Å². The second-order valence-corrected chi connectivity index (χ2v) is 5.75. The molecule has 0 aliphatic heterocycles. The lowest BCUT2D eigenvalue weighted by atomic mass is 9.91. The quantitative estimate of drug-likeness (QED) is 0.849. The van der Waals surface area contributed by atoms with E-state index in [4.69, 9.17) is 0 Å². The van der Waals surface area contributed by atoms with E-state index in [-0.39, 0.29) is 5.54 Å². The first kappa shape index (κ1) is 12.7. The first-order valence-electron chi connectivity index (χ1n) is 5.29. The van der Waals surface area contributed by atoms with Gasteiger partial charge in [-0.3, -0.25) is 0 Å². The minimum atomic E-state index is 0.0825. The summed E-state index contributed by atoms with van der Waals surface area (Å²) in [6, 6.07) is 2.62. The summed E-state index contributed by atoms with van der Waals surface area (Å²) in [6.45, 7) is 6.68. The lowest BCUT2D eigenvalue weighted by Crippen LogP contribution is -2.47. The molecule has 0 amide bonds. The van der Waals surface area contributed by atoms with Gasteiger partial charge in [0.05, 0.1) is 6.04 Å². The smallest absolute Gasteiger partial charge is 0.0616 e. The van der Waals surface area contributed by atoms with Crippen LogP contribution in [0.1, 0.15) is 30.3 Å². The third kappa shape index (κ3) is 2.60. The molecule has 86 valence electrons. The monoisotopic (exact) mass is 226 g/mol. The molecule has 0 fully saturated rings. The average Bonchev–Trinajstić information content (AvgIpc) is 2.51. The topological polar surface area (TPSA) is 15.3 Å². The molecule has 0 radical (unpaired) electrons. The summed E-state index contributed by atoms with van der Waals surface area (Å²) in [6.07, 6.45) is 0. The Bertz CT molecular complexity index is 315. The van der Waals surface area contributed by atoms with E-state index in [9.17, 15) is 0 Å². The van der Waals surface area contributed by atoms with Crippen LogP contribution in [-0.2, 0) is 0 Å². The number of nitrogens with one attached hydrogen (secondary N) is 1. The third-order valence-corrected chi connectivity index (χ3v) is 4.07. The predicted octanol–water partition coefficient (Wildman–Crippen LogP) is 2.66. The Hall–Kier alpha value is -0.380. The molecule has 0 aromatic carbocycles. The summed E-state index contributed by atoms with van der Waals surface area (Å²) in [5.74, 6) is 0. The van der Waals surface area contributed by atoms with Gasteiger partial charge in [-0.2, -0.15) is 0 Å². The third-order valence-electron chi connectivity index (χ3n) is 2.99. The van der Waals surface area contributed by atoms with E-state index in [1.165, 1.54) is 10.4 Å². The van der Waals surface area contributed by atoms with E-state index in [0.29, 0.717) is 6.04 Å². The summed E-state index contributed by atoms with van der Waals surface area (Å²) >= 11 is 1.85. The Morgan fingerprint density at radius 3 is 2.33 bits per heavy atom. The number of hydrogen-bond acceptors (Lipinski definition) is 3. The lowest BCUT2D eigenvalue weighted by molar-refractivity contribution is 0.180. The lowest BCUT2D eigenvalue weighted by Gasteiger charge is -2.38.